The van der Waals surface area contributed by atoms with Gasteiger partial charge in [0.1, 0.15) is 5.82 Å². The Balaban J connectivity index is 2.33. The summed E-state index contributed by atoms with van der Waals surface area (Å²) in [7, 11) is 0. The molecule has 0 aliphatic heterocycles. The van der Waals surface area contributed by atoms with E-state index in [-0.39, 0.29) is 5.56 Å². The van der Waals surface area contributed by atoms with Crippen LogP contribution in [-0.2, 0) is 12.6 Å². The number of aryl methyl sites for hydroxylation is 1. The van der Waals surface area contributed by atoms with E-state index in [0.29, 0.717) is 17.7 Å². The first-order chi connectivity index (χ1) is 9.82. The van der Waals surface area contributed by atoms with Crippen molar-refractivity contribution in [2.24, 2.45) is 0 Å². The predicted octanol–water partition coefficient (Wildman–Crippen LogP) is 4.64. The van der Waals surface area contributed by atoms with E-state index < -0.39 is 23.3 Å². The first kappa shape index (κ1) is 15.2. The van der Waals surface area contributed by atoms with E-state index in [0.717, 1.165) is 18.1 Å². The molecule has 0 heterocycles. The summed E-state index contributed by atoms with van der Waals surface area (Å²) in [5, 5.41) is 0. The van der Waals surface area contributed by atoms with Crippen LogP contribution in [0.25, 0.3) is 0 Å². The molecule has 2 rings (SSSR count). The van der Waals surface area contributed by atoms with Crippen molar-refractivity contribution in [2.75, 3.05) is 0 Å². The second-order valence-electron chi connectivity index (χ2n) is 4.57. The van der Waals surface area contributed by atoms with E-state index in [2.05, 4.69) is 0 Å². The molecule has 0 N–H and O–H groups in total. The second-order valence-corrected chi connectivity index (χ2v) is 4.57. The van der Waals surface area contributed by atoms with Crippen molar-refractivity contribution in [1.82, 2.24) is 0 Å². The van der Waals surface area contributed by atoms with Crippen LogP contribution in [0.4, 0.5) is 17.6 Å². The number of rotatable bonds is 3. The summed E-state index contributed by atoms with van der Waals surface area (Å²) in [4.78, 5) is 12.1. The fourth-order valence-electron chi connectivity index (χ4n) is 1.94. The van der Waals surface area contributed by atoms with E-state index in [1.807, 2.05) is 6.92 Å². The van der Waals surface area contributed by atoms with Crippen molar-refractivity contribution in [3.63, 3.8) is 0 Å². The second kappa shape index (κ2) is 5.68. The van der Waals surface area contributed by atoms with Gasteiger partial charge in [0, 0.05) is 11.1 Å². The maximum Gasteiger partial charge on any atom is 0.419 e. The van der Waals surface area contributed by atoms with E-state index in [4.69, 9.17) is 0 Å². The molecule has 0 bridgehead atoms. The molecule has 5 heteroatoms. The van der Waals surface area contributed by atoms with Gasteiger partial charge in [0.2, 0.25) is 0 Å². The number of hydrogen-bond acceptors (Lipinski definition) is 1. The van der Waals surface area contributed by atoms with Gasteiger partial charge in [0.05, 0.1) is 5.56 Å². The quantitative estimate of drug-likeness (QED) is 0.596. The zero-order chi connectivity index (χ0) is 15.6. The summed E-state index contributed by atoms with van der Waals surface area (Å²) in [5.74, 6) is -1.95. The molecule has 0 aliphatic carbocycles. The van der Waals surface area contributed by atoms with Crippen molar-refractivity contribution >= 4 is 5.78 Å². The maximum absolute atomic E-state index is 13.5. The van der Waals surface area contributed by atoms with Gasteiger partial charge in [-0.05, 0) is 24.1 Å². The fraction of sp³-hybridized carbons (Fsp3) is 0.188. The maximum atomic E-state index is 13.5. The van der Waals surface area contributed by atoms with Crippen LogP contribution >= 0.6 is 0 Å². The molecule has 0 unspecified atom stereocenters. The molecule has 0 spiro atoms. The Morgan fingerprint density at radius 3 is 2.05 bits per heavy atom. The Morgan fingerprint density at radius 1 is 1.00 bits per heavy atom. The van der Waals surface area contributed by atoms with Gasteiger partial charge in [-0.2, -0.15) is 13.2 Å². The summed E-state index contributed by atoms with van der Waals surface area (Å²) < 4.78 is 50.9. The van der Waals surface area contributed by atoms with E-state index in [9.17, 15) is 22.4 Å². The smallest absolute Gasteiger partial charge is 0.289 e. The van der Waals surface area contributed by atoms with Gasteiger partial charge in [-0.25, -0.2) is 4.39 Å². The standard InChI is InChI=1S/C16H12F4O/c1-2-10-3-5-11(6-4-10)15(21)12-7-8-13(14(17)9-12)16(18,19)20/h3-9H,2H2,1H3. The lowest BCUT2D eigenvalue weighted by Gasteiger charge is -2.09. The summed E-state index contributed by atoms with van der Waals surface area (Å²) in [6.45, 7) is 1.96. The Hall–Kier alpha value is -2.17. The van der Waals surface area contributed by atoms with Gasteiger partial charge in [-0.3, -0.25) is 4.79 Å². The topological polar surface area (TPSA) is 17.1 Å². The molecule has 2 aromatic rings. The van der Waals surface area contributed by atoms with Crippen LogP contribution in [0.2, 0.25) is 0 Å². The average molecular weight is 296 g/mol. The highest BCUT2D eigenvalue weighted by atomic mass is 19.4. The van der Waals surface area contributed by atoms with Crippen molar-refractivity contribution in [1.29, 1.82) is 0 Å². The molecule has 2 aromatic carbocycles. The highest BCUT2D eigenvalue weighted by Gasteiger charge is 2.34. The summed E-state index contributed by atoms with van der Waals surface area (Å²) in [5.41, 5.74) is -0.137. The van der Waals surface area contributed by atoms with Gasteiger partial charge in [0.15, 0.2) is 5.78 Å². The van der Waals surface area contributed by atoms with Crippen LogP contribution in [0.1, 0.15) is 34.0 Å². The molecule has 110 valence electrons. The van der Waals surface area contributed by atoms with Crippen LogP contribution in [-0.4, -0.2) is 5.78 Å². The lowest BCUT2D eigenvalue weighted by atomic mass is 10.00. The minimum atomic E-state index is -4.77. The molecule has 0 saturated carbocycles. The summed E-state index contributed by atoms with van der Waals surface area (Å²) >= 11 is 0. The van der Waals surface area contributed by atoms with Crippen LogP contribution < -0.4 is 0 Å². The number of hydrogen-bond donors (Lipinski definition) is 0. The summed E-state index contributed by atoms with van der Waals surface area (Å²) in [6.07, 6.45) is -3.96. The highest BCUT2D eigenvalue weighted by molar-refractivity contribution is 6.09. The van der Waals surface area contributed by atoms with Crippen molar-refractivity contribution in [3.05, 3.63) is 70.5 Å². The number of benzene rings is 2. The van der Waals surface area contributed by atoms with Gasteiger partial charge >= 0.3 is 6.18 Å². The number of alkyl halides is 3. The molecule has 0 fully saturated rings. The molecule has 0 atom stereocenters. The molecule has 0 aliphatic rings. The zero-order valence-corrected chi connectivity index (χ0v) is 11.2. The average Bonchev–Trinajstić information content (AvgIpc) is 2.45. The molecule has 0 aromatic heterocycles. The lowest BCUT2D eigenvalue weighted by Crippen LogP contribution is -2.10. The third-order valence-electron chi connectivity index (χ3n) is 3.16. The van der Waals surface area contributed by atoms with E-state index in [1.165, 1.54) is 0 Å². The van der Waals surface area contributed by atoms with E-state index >= 15 is 0 Å². The Labute approximate surface area is 119 Å². The largest absolute Gasteiger partial charge is 0.419 e. The normalized spacial score (nSPS) is 11.5. The number of carbonyl (C=O) groups is 1. The minimum absolute atomic E-state index is 0.107. The number of halogens is 4. The van der Waals surface area contributed by atoms with Crippen molar-refractivity contribution in [3.8, 4) is 0 Å². The van der Waals surface area contributed by atoms with Crippen molar-refractivity contribution < 1.29 is 22.4 Å². The first-order valence-electron chi connectivity index (χ1n) is 6.33. The van der Waals surface area contributed by atoms with Gasteiger partial charge in [-0.1, -0.05) is 37.3 Å². The number of carbonyl (C=O) groups excluding carboxylic acids is 1. The zero-order valence-electron chi connectivity index (χ0n) is 11.2. The fourth-order valence-corrected chi connectivity index (χ4v) is 1.94. The summed E-state index contributed by atoms with van der Waals surface area (Å²) in [6, 6.07) is 8.87. The molecule has 0 radical (unpaired) electrons. The van der Waals surface area contributed by atoms with Gasteiger partial charge < -0.3 is 0 Å². The Kier molecular flexibility index (Phi) is 4.11. The number of ketones is 1. The van der Waals surface area contributed by atoms with Crippen LogP contribution in [0, 0.1) is 5.82 Å². The highest BCUT2D eigenvalue weighted by Crippen LogP contribution is 2.31. The van der Waals surface area contributed by atoms with Crippen LogP contribution in [0.3, 0.4) is 0 Å². The van der Waals surface area contributed by atoms with E-state index in [1.54, 1.807) is 24.3 Å². The molecular weight excluding hydrogens is 284 g/mol. The van der Waals surface area contributed by atoms with Crippen LogP contribution in [0.5, 0.6) is 0 Å². The molecule has 1 nitrogen and oxygen atoms in total. The first-order valence-corrected chi connectivity index (χ1v) is 6.33. The van der Waals surface area contributed by atoms with Gasteiger partial charge in [-0.15, -0.1) is 0 Å². The molecular formula is C16H12F4O. The van der Waals surface area contributed by atoms with Crippen molar-refractivity contribution in [2.45, 2.75) is 19.5 Å². The molecule has 21 heavy (non-hydrogen) atoms. The molecule has 0 amide bonds. The third kappa shape index (κ3) is 3.29. The predicted molar refractivity (Wildman–Crippen MR) is 70.7 cm³/mol. The SMILES string of the molecule is CCc1ccc(C(=O)c2ccc(C(F)(F)F)c(F)c2)cc1. The minimum Gasteiger partial charge on any atom is -0.289 e. The Morgan fingerprint density at radius 2 is 1.57 bits per heavy atom. The van der Waals surface area contributed by atoms with Crippen LogP contribution in [0.15, 0.2) is 42.5 Å². The van der Waals surface area contributed by atoms with Gasteiger partial charge in [0.25, 0.3) is 0 Å². The monoisotopic (exact) mass is 296 g/mol. The third-order valence-corrected chi connectivity index (χ3v) is 3.16. The lowest BCUT2D eigenvalue weighted by molar-refractivity contribution is -0.140. The Bertz CT molecular complexity index is 657. The molecule has 0 saturated heterocycles.